The molecule has 1 heterocycles. The molecule has 4 aromatic rings. The fourth-order valence-electron chi connectivity index (χ4n) is 3.59. The SMILES string of the molecule is Cc1ccc(CCc2nnc(SCC(=O)Cc3cccc4ccccc34)n2C)cc1Cl. The van der Waals surface area contributed by atoms with Crippen molar-refractivity contribution in [2.45, 2.75) is 31.3 Å². The number of Topliss-reactive ketones (excluding diaryl/α,β-unsaturated/α-hetero) is 1. The summed E-state index contributed by atoms with van der Waals surface area (Å²) in [5.41, 5.74) is 3.33. The first-order valence-corrected chi connectivity index (χ1v) is 11.6. The van der Waals surface area contributed by atoms with Crippen molar-refractivity contribution in [3.8, 4) is 0 Å². The number of carbonyl (C=O) groups excluding carboxylic acids is 1. The lowest BCUT2D eigenvalue weighted by Crippen LogP contribution is -2.07. The van der Waals surface area contributed by atoms with E-state index in [1.54, 1.807) is 0 Å². The maximum atomic E-state index is 12.6. The van der Waals surface area contributed by atoms with Crippen LogP contribution in [0.2, 0.25) is 5.02 Å². The van der Waals surface area contributed by atoms with Gasteiger partial charge in [-0.05, 0) is 46.9 Å². The van der Waals surface area contributed by atoms with Crippen molar-refractivity contribution in [1.29, 1.82) is 0 Å². The minimum atomic E-state index is 0.181. The number of rotatable bonds is 8. The van der Waals surface area contributed by atoms with Gasteiger partial charge in [0, 0.05) is 24.9 Å². The second-order valence-corrected chi connectivity index (χ2v) is 9.03. The van der Waals surface area contributed by atoms with Gasteiger partial charge in [0.2, 0.25) is 0 Å². The molecular weight excluding hydrogens is 426 g/mol. The maximum absolute atomic E-state index is 12.6. The fourth-order valence-corrected chi connectivity index (χ4v) is 4.58. The number of benzene rings is 3. The molecule has 31 heavy (non-hydrogen) atoms. The Hall–Kier alpha value is -2.63. The van der Waals surface area contributed by atoms with Gasteiger partial charge in [0.25, 0.3) is 0 Å². The van der Waals surface area contributed by atoms with Crippen molar-refractivity contribution < 1.29 is 4.79 Å². The molecule has 0 aliphatic heterocycles. The van der Waals surface area contributed by atoms with Crippen LogP contribution in [0.5, 0.6) is 0 Å². The Morgan fingerprint density at radius 1 is 1.03 bits per heavy atom. The van der Waals surface area contributed by atoms with Crippen LogP contribution in [0.1, 0.15) is 22.5 Å². The molecule has 0 aliphatic carbocycles. The van der Waals surface area contributed by atoms with E-state index in [0.717, 1.165) is 50.7 Å². The zero-order valence-corrected chi connectivity index (χ0v) is 19.2. The highest BCUT2D eigenvalue weighted by Gasteiger charge is 2.13. The summed E-state index contributed by atoms with van der Waals surface area (Å²) < 4.78 is 1.98. The average Bonchev–Trinajstić information content (AvgIpc) is 3.13. The highest BCUT2D eigenvalue weighted by atomic mass is 35.5. The number of halogens is 1. The van der Waals surface area contributed by atoms with Crippen LogP contribution in [0.15, 0.2) is 65.8 Å². The molecule has 3 aromatic carbocycles. The lowest BCUT2D eigenvalue weighted by molar-refractivity contribution is -0.115. The van der Waals surface area contributed by atoms with E-state index in [1.807, 2.05) is 54.9 Å². The quantitative estimate of drug-likeness (QED) is 0.327. The molecule has 6 heteroatoms. The number of thioether (sulfide) groups is 1. The van der Waals surface area contributed by atoms with Gasteiger partial charge >= 0.3 is 0 Å². The lowest BCUT2D eigenvalue weighted by Gasteiger charge is -2.07. The number of ketones is 1. The molecule has 1 aromatic heterocycles. The van der Waals surface area contributed by atoms with E-state index >= 15 is 0 Å². The van der Waals surface area contributed by atoms with E-state index in [1.165, 1.54) is 17.3 Å². The summed E-state index contributed by atoms with van der Waals surface area (Å²) >= 11 is 7.67. The van der Waals surface area contributed by atoms with Gasteiger partial charge in [-0.25, -0.2) is 0 Å². The molecule has 0 saturated heterocycles. The number of fused-ring (bicyclic) bond motifs is 1. The van der Waals surface area contributed by atoms with E-state index in [0.29, 0.717) is 12.2 Å². The van der Waals surface area contributed by atoms with Gasteiger partial charge in [-0.2, -0.15) is 0 Å². The molecule has 0 aliphatic rings. The van der Waals surface area contributed by atoms with Crippen LogP contribution in [0.3, 0.4) is 0 Å². The van der Waals surface area contributed by atoms with Gasteiger partial charge in [-0.1, -0.05) is 78.0 Å². The highest BCUT2D eigenvalue weighted by molar-refractivity contribution is 7.99. The normalized spacial score (nSPS) is 11.2. The molecule has 0 spiro atoms. The van der Waals surface area contributed by atoms with E-state index in [2.05, 4.69) is 34.5 Å². The standard InChI is InChI=1S/C25H24ClN3OS/c1-17-10-11-18(14-23(17)26)12-13-24-27-28-25(29(24)2)31-16-21(30)15-20-8-5-7-19-6-3-4-9-22(19)20/h3-11,14H,12-13,15-16H2,1-2H3. The predicted octanol–water partition coefficient (Wildman–Crippen LogP) is 5.62. The zero-order chi connectivity index (χ0) is 21.8. The molecule has 0 radical (unpaired) electrons. The molecule has 4 nitrogen and oxygen atoms in total. The van der Waals surface area contributed by atoms with Gasteiger partial charge in [-0.15, -0.1) is 10.2 Å². The van der Waals surface area contributed by atoms with Gasteiger partial charge < -0.3 is 4.57 Å². The summed E-state index contributed by atoms with van der Waals surface area (Å²) in [6, 6.07) is 20.4. The number of hydrogen-bond donors (Lipinski definition) is 0. The summed E-state index contributed by atoms with van der Waals surface area (Å²) in [5, 5.41) is 12.5. The van der Waals surface area contributed by atoms with E-state index in [-0.39, 0.29) is 5.78 Å². The van der Waals surface area contributed by atoms with E-state index < -0.39 is 0 Å². The summed E-state index contributed by atoms with van der Waals surface area (Å²) in [4.78, 5) is 12.6. The summed E-state index contributed by atoms with van der Waals surface area (Å²) in [6.07, 6.45) is 2.04. The Bertz CT molecular complexity index is 1230. The van der Waals surface area contributed by atoms with Crippen molar-refractivity contribution in [3.05, 3.63) is 88.2 Å². The average molecular weight is 450 g/mol. The highest BCUT2D eigenvalue weighted by Crippen LogP contribution is 2.22. The second-order valence-electron chi connectivity index (χ2n) is 7.68. The van der Waals surface area contributed by atoms with Gasteiger partial charge in [0.15, 0.2) is 5.16 Å². The summed E-state index contributed by atoms with van der Waals surface area (Å²) in [5.74, 6) is 1.46. The Kier molecular flexibility index (Phi) is 6.73. The summed E-state index contributed by atoms with van der Waals surface area (Å²) in [6.45, 7) is 2.00. The first-order valence-electron chi connectivity index (χ1n) is 10.3. The molecule has 0 N–H and O–H groups in total. The van der Waals surface area contributed by atoms with Crippen LogP contribution in [0.4, 0.5) is 0 Å². The summed E-state index contributed by atoms with van der Waals surface area (Å²) in [7, 11) is 1.95. The molecule has 0 saturated carbocycles. The second kappa shape index (κ2) is 9.67. The minimum absolute atomic E-state index is 0.181. The third kappa shape index (κ3) is 5.17. The Morgan fingerprint density at radius 3 is 2.68 bits per heavy atom. The molecule has 0 bridgehead atoms. The molecule has 0 fully saturated rings. The topological polar surface area (TPSA) is 47.8 Å². The predicted molar refractivity (Wildman–Crippen MR) is 128 cm³/mol. The van der Waals surface area contributed by atoms with Crippen LogP contribution >= 0.6 is 23.4 Å². The molecule has 0 unspecified atom stereocenters. The number of aromatic nitrogens is 3. The van der Waals surface area contributed by atoms with Crippen LogP contribution in [0.25, 0.3) is 10.8 Å². The van der Waals surface area contributed by atoms with Crippen molar-refractivity contribution in [1.82, 2.24) is 14.8 Å². The largest absolute Gasteiger partial charge is 0.309 e. The van der Waals surface area contributed by atoms with Crippen molar-refractivity contribution in [3.63, 3.8) is 0 Å². The number of hydrogen-bond acceptors (Lipinski definition) is 4. The molecule has 0 amide bonds. The molecule has 0 atom stereocenters. The lowest BCUT2D eigenvalue weighted by atomic mass is 10.0. The van der Waals surface area contributed by atoms with E-state index in [9.17, 15) is 4.79 Å². The number of nitrogens with zero attached hydrogens (tertiary/aromatic N) is 3. The third-order valence-electron chi connectivity index (χ3n) is 5.43. The fraction of sp³-hybridized carbons (Fsp3) is 0.240. The number of aryl methyl sites for hydroxylation is 3. The Morgan fingerprint density at radius 2 is 1.84 bits per heavy atom. The first-order chi connectivity index (χ1) is 15.0. The minimum Gasteiger partial charge on any atom is -0.309 e. The van der Waals surface area contributed by atoms with Gasteiger partial charge in [-0.3, -0.25) is 4.79 Å². The molecule has 4 rings (SSSR count). The molecular formula is C25H24ClN3OS. The monoisotopic (exact) mass is 449 g/mol. The first kappa shape index (κ1) is 21.6. The van der Waals surface area contributed by atoms with Crippen LogP contribution < -0.4 is 0 Å². The smallest absolute Gasteiger partial charge is 0.191 e. The van der Waals surface area contributed by atoms with Crippen molar-refractivity contribution >= 4 is 39.9 Å². The zero-order valence-electron chi connectivity index (χ0n) is 17.6. The van der Waals surface area contributed by atoms with Crippen LogP contribution in [0, 0.1) is 6.92 Å². The Labute approximate surface area is 191 Å². The van der Waals surface area contributed by atoms with Gasteiger partial charge in [0.1, 0.15) is 11.6 Å². The third-order valence-corrected chi connectivity index (χ3v) is 6.92. The van der Waals surface area contributed by atoms with Crippen LogP contribution in [-0.4, -0.2) is 26.3 Å². The number of carbonyl (C=O) groups is 1. The van der Waals surface area contributed by atoms with Crippen molar-refractivity contribution in [2.75, 3.05) is 5.75 Å². The van der Waals surface area contributed by atoms with Gasteiger partial charge in [0.05, 0.1) is 5.75 Å². The molecule has 158 valence electrons. The van der Waals surface area contributed by atoms with Crippen LogP contribution in [-0.2, 0) is 31.1 Å². The Balaban J connectivity index is 1.35. The maximum Gasteiger partial charge on any atom is 0.191 e. The van der Waals surface area contributed by atoms with Crippen molar-refractivity contribution in [2.24, 2.45) is 7.05 Å². The van der Waals surface area contributed by atoms with E-state index in [4.69, 9.17) is 11.6 Å².